The number of aliphatic carboxylic acids is 1. The van der Waals surface area contributed by atoms with Crippen molar-refractivity contribution in [2.45, 2.75) is 25.7 Å². The summed E-state index contributed by atoms with van der Waals surface area (Å²) in [7, 11) is 0. The lowest BCUT2D eigenvalue weighted by molar-refractivity contribution is -0.137. The number of hydrogen-bond acceptors (Lipinski definition) is 5. The van der Waals surface area contributed by atoms with Crippen LogP contribution in [0.15, 0.2) is 78.4 Å². The number of carboxylic acids is 1. The van der Waals surface area contributed by atoms with E-state index < -0.39 is 5.97 Å². The number of unbranched alkanes of at least 4 members (excludes halogenated alkanes) is 3. The van der Waals surface area contributed by atoms with Crippen molar-refractivity contribution >= 4 is 23.4 Å². The average Bonchev–Trinajstić information content (AvgIpc) is 3.15. The van der Waals surface area contributed by atoms with Crippen molar-refractivity contribution < 1.29 is 24.6 Å². The first kappa shape index (κ1) is 25.2. The zero-order chi connectivity index (χ0) is 24.1. The van der Waals surface area contributed by atoms with Gasteiger partial charge in [0.25, 0.3) is 11.8 Å². The Morgan fingerprint density at radius 1 is 0.818 bits per heavy atom. The highest BCUT2D eigenvalue weighted by Crippen LogP contribution is 2.26. The highest BCUT2D eigenvalue weighted by atomic mass is 16.4. The molecule has 0 aromatic heterocycles. The van der Waals surface area contributed by atoms with E-state index in [1.807, 2.05) is 36.4 Å². The molecule has 170 valence electrons. The van der Waals surface area contributed by atoms with Crippen molar-refractivity contribution in [2.75, 3.05) is 13.2 Å². The molecule has 0 saturated heterocycles. The number of carbonyl (C=O) groups is 3. The molecule has 2 aromatic carbocycles. The topological polar surface area (TPSA) is 119 Å². The highest BCUT2D eigenvalue weighted by molar-refractivity contribution is 6.12. The predicted octanol–water partition coefficient (Wildman–Crippen LogP) is 3.56. The number of carbonyl (C=O) groups excluding carboxylic acids is 2. The summed E-state index contributed by atoms with van der Waals surface area (Å²) in [6.45, 7) is 0.708. The van der Waals surface area contributed by atoms with E-state index in [9.17, 15) is 19.5 Å². The number of nitriles is 1. The Morgan fingerprint density at radius 2 is 1.30 bits per heavy atom. The van der Waals surface area contributed by atoms with Gasteiger partial charge < -0.3 is 10.2 Å². The maximum atomic E-state index is 11.2. The molecule has 0 saturated carbocycles. The molecule has 0 aliphatic carbocycles. The van der Waals surface area contributed by atoms with Crippen LogP contribution in [0, 0.1) is 11.3 Å². The summed E-state index contributed by atoms with van der Waals surface area (Å²) in [6.07, 6.45) is 6.10. The molecule has 0 spiro atoms. The number of aliphatic hydroxyl groups is 1. The molecular weight excluding hydrogens is 420 g/mol. The predicted molar refractivity (Wildman–Crippen MR) is 124 cm³/mol. The number of rotatable bonds is 9. The largest absolute Gasteiger partial charge is 0.477 e. The molecule has 1 aliphatic heterocycles. The van der Waals surface area contributed by atoms with Crippen LogP contribution >= 0.6 is 0 Å². The van der Waals surface area contributed by atoms with Crippen LogP contribution in [0.5, 0.6) is 0 Å². The van der Waals surface area contributed by atoms with E-state index in [0.717, 1.165) is 25.7 Å². The molecular formula is C26H26N2O5. The monoisotopic (exact) mass is 446 g/mol. The van der Waals surface area contributed by atoms with Gasteiger partial charge in [0.2, 0.25) is 0 Å². The summed E-state index contributed by atoms with van der Waals surface area (Å²) >= 11 is 0. The quantitative estimate of drug-likeness (QED) is 0.263. The van der Waals surface area contributed by atoms with Gasteiger partial charge in [0.1, 0.15) is 11.6 Å². The molecule has 2 N–H and O–H groups in total. The molecule has 33 heavy (non-hydrogen) atoms. The normalized spacial score (nSPS) is 12.1. The summed E-state index contributed by atoms with van der Waals surface area (Å²) in [5.41, 5.74) is 1.62. The van der Waals surface area contributed by atoms with Gasteiger partial charge in [0, 0.05) is 30.9 Å². The first-order chi connectivity index (χ1) is 16.0. The minimum atomic E-state index is -1.22. The summed E-state index contributed by atoms with van der Waals surface area (Å²) in [4.78, 5) is 34.7. The van der Waals surface area contributed by atoms with Gasteiger partial charge in [0.15, 0.2) is 0 Å². The zero-order valence-corrected chi connectivity index (χ0v) is 18.2. The van der Waals surface area contributed by atoms with Crippen LogP contribution in [-0.2, 0) is 14.4 Å². The SMILES string of the molecule is N#CC(C(=O)O)=C(c1ccccc1)c1ccccc1.O=C1C=CC(=O)N1CCCCCCO. The van der Waals surface area contributed by atoms with Gasteiger partial charge >= 0.3 is 5.97 Å². The number of amides is 2. The first-order valence-electron chi connectivity index (χ1n) is 10.6. The van der Waals surface area contributed by atoms with Crippen LogP contribution in [0.3, 0.4) is 0 Å². The second-order valence-electron chi connectivity index (χ2n) is 7.20. The zero-order valence-electron chi connectivity index (χ0n) is 18.2. The lowest BCUT2D eigenvalue weighted by Gasteiger charge is -2.12. The van der Waals surface area contributed by atoms with Crippen molar-refractivity contribution in [2.24, 2.45) is 0 Å². The van der Waals surface area contributed by atoms with Crippen LogP contribution in [0.1, 0.15) is 36.8 Å². The molecule has 0 fully saturated rings. The number of carboxylic acid groups (broad SMARTS) is 1. The van der Waals surface area contributed by atoms with Crippen LogP contribution in [0.25, 0.3) is 5.57 Å². The Morgan fingerprint density at radius 3 is 1.73 bits per heavy atom. The highest BCUT2D eigenvalue weighted by Gasteiger charge is 2.22. The van der Waals surface area contributed by atoms with E-state index in [2.05, 4.69) is 0 Å². The summed E-state index contributed by atoms with van der Waals surface area (Å²) in [6, 6.07) is 19.9. The van der Waals surface area contributed by atoms with E-state index in [1.54, 1.807) is 30.3 Å². The van der Waals surface area contributed by atoms with Gasteiger partial charge in [-0.05, 0) is 24.0 Å². The molecule has 1 aliphatic rings. The van der Waals surface area contributed by atoms with Crippen molar-refractivity contribution in [3.05, 3.63) is 89.5 Å². The Balaban J connectivity index is 0.000000245. The minimum Gasteiger partial charge on any atom is -0.477 e. The van der Waals surface area contributed by atoms with Crippen LogP contribution in [-0.4, -0.2) is 46.0 Å². The molecule has 1 heterocycles. The fourth-order valence-electron chi connectivity index (χ4n) is 3.26. The van der Waals surface area contributed by atoms with Gasteiger partial charge in [0.05, 0.1) is 0 Å². The number of benzene rings is 2. The van der Waals surface area contributed by atoms with E-state index in [1.165, 1.54) is 17.1 Å². The molecule has 2 amide bonds. The summed E-state index contributed by atoms with van der Waals surface area (Å²) in [5.74, 6) is -1.64. The number of hydrogen-bond donors (Lipinski definition) is 2. The van der Waals surface area contributed by atoms with E-state index in [-0.39, 0.29) is 24.0 Å². The Hall–Kier alpha value is -4.02. The van der Waals surface area contributed by atoms with Gasteiger partial charge in [-0.15, -0.1) is 0 Å². The van der Waals surface area contributed by atoms with Crippen LogP contribution < -0.4 is 0 Å². The summed E-state index contributed by atoms with van der Waals surface area (Å²) in [5, 5.41) is 26.8. The molecule has 3 rings (SSSR count). The fourth-order valence-corrected chi connectivity index (χ4v) is 3.26. The smallest absolute Gasteiger partial charge is 0.347 e. The second kappa shape index (κ2) is 13.4. The third-order valence-electron chi connectivity index (χ3n) is 4.89. The standard InChI is InChI=1S/C16H11NO2.C10H15NO3/c17-11-14(16(18)19)15(12-7-3-1-4-8-12)13-9-5-2-6-10-13;12-8-4-2-1-3-7-11-9(13)5-6-10(11)14/h1-10H,(H,18,19);5-6,12H,1-4,7-8H2. The molecule has 0 radical (unpaired) electrons. The second-order valence-corrected chi connectivity index (χ2v) is 7.20. The van der Waals surface area contributed by atoms with Crippen molar-refractivity contribution in [3.8, 4) is 6.07 Å². The summed E-state index contributed by atoms with van der Waals surface area (Å²) < 4.78 is 0. The maximum Gasteiger partial charge on any atom is 0.347 e. The Labute approximate surface area is 192 Å². The molecule has 7 nitrogen and oxygen atoms in total. The van der Waals surface area contributed by atoms with Crippen molar-refractivity contribution in [1.29, 1.82) is 5.26 Å². The lowest BCUT2D eigenvalue weighted by Crippen LogP contribution is -2.30. The number of aliphatic hydroxyl groups excluding tert-OH is 1. The molecule has 0 unspecified atom stereocenters. The van der Waals surface area contributed by atoms with Gasteiger partial charge in [-0.2, -0.15) is 5.26 Å². The number of imide groups is 1. The third-order valence-corrected chi connectivity index (χ3v) is 4.89. The number of nitrogens with zero attached hydrogens (tertiary/aromatic N) is 2. The van der Waals surface area contributed by atoms with Crippen molar-refractivity contribution in [3.63, 3.8) is 0 Å². The minimum absolute atomic E-state index is 0.211. The van der Waals surface area contributed by atoms with E-state index in [0.29, 0.717) is 23.2 Å². The third kappa shape index (κ3) is 7.56. The molecule has 0 atom stereocenters. The average molecular weight is 447 g/mol. The fraction of sp³-hybridized carbons (Fsp3) is 0.231. The van der Waals surface area contributed by atoms with Gasteiger partial charge in [-0.25, -0.2) is 4.79 Å². The van der Waals surface area contributed by atoms with Gasteiger partial charge in [-0.3, -0.25) is 14.5 Å². The lowest BCUT2D eigenvalue weighted by atomic mass is 9.93. The maximum absolute atomic E-state index is 11.2. The molecule has 0 bridgehead atoms. The Kier molecular flexibility index (Phi) is 10.3. The van der Waals surface area contributed by atoms with E-state index >= 15 is 0 Å². The van der Waals surface area contributed by atoms with Crippen molar-refractivity contribution in [1.82, 2.24) is 4.90 Å². The molecule has 7 heteroatoms. The van der Waals surface area contributed by atoms with Crippen LogP contribution in [0.4, 0.5) is 0 Å². The van der Waals surface area contributed by atoms with Gasteiger partial charge in [-0.1, -0.05) is 73.5 Å². The van der Waals surface area contributed by atoms with E-state index in [4.69, 9.17) is 10.4 Å². The van der Waals surface area contributed by atoms with Crippen LogP contribution in [0.2, 0.25) is 0 Å². The molecule has 2 aromatic rings. The first-order valence-corrected chi connectivity index (χ1v) is 10.6. The Bertz CT molecular complexity index is 994.